The molecule has 0 aromatic carbocycles. The maximum absolute atomic E-state index is 4.38. The van der Waals surface area contributed by atoms with Crippen LogP contribution in [0, 0.1) is 0 Å². The number of nitrogens with zero attached hydrogens (tertiary/aromatic N) is 3. The molecule has 0 radical (unpaired) electrons. The first-order valence-corrected chi connectivity index (χ1v) is 5.45. The molecule has 92 valence electrons. The quantitative estimate of drug-likeness (QED) is 0.827. The Labute approximate surface area is 99.8 Å². The van der Waals surface area contributed by atoms with Crippen LogP contribution in [0.5, 0.6) is 0 Å². The lowest BCUT2D eigenvalue weighted by Crippen LogP contribution is -1.98. The van der Waals surface area contributed by atoms with E-state index >= 15 is 0 Å². The largest absolute Gasteiger partial charge is 0.412 e. The molecule has 0 amide bonds. The number of aryl methyl sites for hydroxylation is 1. The second-order valence-electron chi connectivity index (χ2n) is 3.42. The normalized spacial score (nSPS) is 9.76. The van der Waals surface area contributed by atoms with E-state index in [1.807, 2.05) is 26.0 Å². The molecule has 0 aliphatic heterocycles. The summed E-state index contributed by atoms with van der Waals surface area (Å²) in [6.45, 7) is 4.93. The minimum absolute atomic E-state index is 0. The fourth-order valence-electron chi connectivity index (χ4n) is 1.43. The number of anilines is 1. The Morgan fingerprint density at radius 3 is 2.82 bits per heavy atom. The number of pyridine rings is 1. The van der Waals surface area contributed by atoms with Gasteiger partial charge in [0.15, 0.2) is 5.82 Å². The molecular weight excluding hydrogens is 218 g/mol. The third-order valence-electron chi connectivity index (χ3n) is 2.24. The van der Waals surface area contributed by atoms with Gasteiger partial charge in [-0.15, -0.1) is 0 Å². The zero-order valence-corrected chi connectivity index (χ0v) is 9.99. The molecule has 2 heterocycles. The summed E-state index contributed by atoms with van der Waals surface area (Å²) >= 11 is 0. The number of H-pyrrole nitrogens is 1. The van der Waals surface area contributed by atoms with E-state index in [-0.39, 0.29) is 5.48 Å². The van der Waals surface area contributed by atoms with E-state index in [4.69, 9.17) is 0 Å². The average Bonchev–Trinajstić information content (AvgIpc) is 2.78. The van der Waals surface area contributed by atoms with Crippen LogP contribution in [0.2, 0.25) is 0 Å². The van der Waals surface area contributed by atoms with Crippen LogP contribution in [0.4, 0.5) is 5.82 Å². The topological polar surface area (TPSA) is 98.0 Å². The molecule has 2 rings (SSSR count). The third-order valence-corrected chi connectivity index (χ3v) is 2.24. The number of nitrogens with one attached hydrogen (secondary N) is 2. The molecule has 0 saturated carbocycles. The van der Waals surface area contributed by atoms with Crippen molar-refractivity contribution in [2.75, 3.05) is 11.9 Å². The van der Waals surface area contributed by atoms with Gasteiger partial charge in [-0.25, -0.2) is 9.97 Å². The molecule has 0 saturated heterocycles. The van der Waals surface area contributed by atoms with Crippen molar-refractivity contribution in [2.24, 2.45) is 0 Å². The summed E-state index contributed by atoms with van der Waals surface area (Å²) in [7, 11) is 0. The van der Waals surface area contributed by atoms with Crippen LogP contribution in [0.25, 0.3) is 11.4 Å². The second kappa shape index (κ2) is 5.95. The van der Waals surface area contributed by atoms with Crippen molar-refractivity contribution in [3.63, 3.8) is 0 Å². The standard InChI is InChI=1S/C11H15N5.H2O/c1-3-9-14-11(16-15-9)8-5-6-13-10(7-8)12-4-2;/h5-7H,3-4H2,1-2H3,(H,12,13)(H,14,15,16);1H2. The molecule has 0 spiro atoms. The van der Waals surface area contributed by atoms with E-state index in [1.165, 1.54) is 0 Å². The maximum Gasteiger partial charge on any atom is 0.181 e. The lowest BCUT2D eigenvalue weighted by Gasteiger charge is -2.02. The summed E-state index contributed by atoms with van der Waals surface area (Å²) in [6, 6.07) is 3.86. The Hall–Kier alpha value is -1.95. The smallest absolute Gasteiger partial charge is 0.181 e. The lowest BCUT2D eigenvalue weighted by atomic mass is 10.2. The third kappa shape index (κ3) is 3.01. The minimum atomic E-state index is 0. The van der Waals surface area contributed by atoms with Gasteiger partial charge in [-0.1, -0.05) is 6.92 Å². The molecule has 4 N–H and O–H groups in total. The summed E-state index contributed by atoms with van der Waals surface area (Å²) in [5.41, 5.74) is 0.974. The first kappa shape index (κ1) is 13.1. The molecule has 0 atom stereocenters. The van der Waals surface area contributed by atoms with Crippen molar-refractivity contribution in [3.05, 3.63) is 24.2 Å². The number of hydrogen-bond donors (Lipinski definition) is 2. The molecule has 2 aromatic rings. The Kier molecular flexibility index (Phi) is 4.59. The summed E-state index contributed by atoms with van der Waals surface area (Å²) in [5.74, 6) is 2.47. The molecule has 6 heteroatoms. The molecule has 17 heavy (non-hydrogen) atoms. The van der Waals surface area contributed by atoms with Gasteiger partial charge in [0.2, 0.25) is 0 Å². The van der Waals surface area contributed by atoms with Gasteiger partial charge in [0, 0.05) is 24.7 Å². The van der Waals surface area contributed by atoms with Crippen molar-refractivity contribution < 1.29 is 5.48 Å². The molecule has 0 fully saturated rings. The summed E-state index contributed by atoms with van der Waals surface area (Å²) in [5, 5.41) is 10.2. The summed E-state index contributed by atoms with van der Waals surface area (Å²) in [4.78, 5) is 8.58. The van der Waals surface area contributed by atoms with Crippen LogP contribution in [-0.2, 0) is 6.42 Å². The van der Waals surface area contributed by atoms with E-state index in [9.17, 15) is 0 Å². The molecule has 2 aromatic heterocycles. The molecular formula is C11H17N5O. The number of aromatic nitrogens is 4. The van der Waals surface area contributed by atoms with Crippen LogP contribution in [0.1, 0.15) is 19.7 Å². The van der Waals surface area contributed by atoms with Gasteiger partial charge in [0.25, 0.3) is 0 Å². The van der Waals surface area contributed by atoms with E-state index in [2.05, 4.69) is 25.5 Å². The fourth-order valence-corrected chi connectivity index (χ4v) is 1.43. The van der Waals surface area contributed by atoms with Crippen LogP contribution in [0.3, 0.4) is 0 Å². The van der Waals surface area contributed by atoms with Crippen molar-refractivity contribution >= 4 is 5.82 Å². The van der Waals surface area contributed by atoms with Gasteiger partial charge in [-0.2, -0.15) is 5.10 Å². The monoisotopic (exact) mass is 235 g/mol. The van der Waals surface area contributed by atoms with E-state index in [1.54, 1.807) is 6.20 Å². The fraction of sp³-hybridized carbons (Fsp3) is 0.364. The van der Waals surface area contributed by atoms with E-state index < -0.39 is 0 Å². The van der Waals surface area contributed by atoms with Crippen molar-refractivity contribution in [1.82, 2.24) is 20.2 Å². The molecule has 0 unspecified atom stereocenters. The molecule has 0 aliphatic carbocycles. The maximum atomic E-state index is 4.38. The highest BCUT2D eigenvalue weighted by atomic mass is 16.0. The highest BCUT2D eigenvalue weighted by molar-refractivity contribution is 5.59. The van der Waals surface area contributed by atoms with Gasteiger partial charge in [0.1, 0.15) is 11.6 Å². The summed E-state index contributed by atoms with van der Waals surface area (Å²) in [6.07, 6.45) is 2.62. The highest BCUT2D eigenvalue weighted by Gasteiger charge is 2.05. The second-order valence-corrected chi connectivity index (χ2v) is 3.42. The Morgan fingerprint density at radius 2 is 2.18 bits per heavy atom. The van der Waals surface area contributed by atoms with Crippen LogP contribution in [0.15, 0.2) is 18.3 Å². The molecule has 6 nitrogen and oxygen atoms in total. The molecule has 0 aliphatic rings. The van der Waals surface area contributed by atoms with Crippen LogP contribution >= 0.6 is 0 Å². The Morgan fingerprint density at radius 1 is 1.35 bits per heavy atom. The van der Waals surface area contributed by atoms with Crippen LogP contribution < -0.4 is 5.32 Å². The first-order chi connectivity index (χ1) is 7.83. The van der Waals surface area contributed by atoms with Gasteiger partial charge in [-0.05, 0) is 19.1 Å². The van der Waals surface area contributed by atoms with Gasteiger partial charge in [0.05, 0.1) is 0 Å². The van der Waals surface area contributed by atoms with Crippen molar-refractivity contribution in [3.8, 4) is 11.4 Å². The number of aromatic amines is 1. The lowest BCUT2D eigenvalue weighted by molar-refractivity contribution is 0.824. The van der Waals surface area contributed by atoms with E-state index in [0.29, 0.717) is 0 Å². The van der Waals surface area contributed by atoms with Crippen molar-refractivity contribution in [2.45, 2.75) is 20.3 Å². The average molecular weight is 235 g/mol. The SMILES string of the molecule is CCNc1cc(-c2n[nH]c(CC)n2)ccn1.O. The summed E-state index contributed by atoms with van der Waals surface area (Å²) < 4.78 is 0. The Bertz CT molecular complexity index is 468. The first-order valence-electron chi connectivity index (χ1n) is 5.45. The number of rotatable bonds is 4. The minimum Gasteiger partial charge on any atom is -0.412 e. The predicted molar refractivity (Wildman–Crippen MR) is 66.8 cm³/mol. The van der Waals surface area contributed by atoms with Gasteiger partial charge >= 0.3 is 0 Å². The van der Waals surface area contributed by atoms with Crippen molar-refractivity contribution in [1.29, 1.82) is 0 Å². The zero-order chi connectivity index (χ0) is 11.4. The zero-order valence-electron chi connectivity index (χ0n) is 9.99. The molecule has 0 bridgehead atoms. The Balaban J connectivity index is 0.00000144. The number of hydrogen-bond acceptors (Lipinski definition) is 4. The van der Waals surface area contributed by atoms with Crippen LogP contribution in [-0.4, -0.2) is 32.2 Å². The van der Waals surface area contributed by atoms with E-state index in [0.717, 1.165) is 36.0 Å². The van der Waals surface area contributed by atoms with Gasteiger partial charge < -0.3 is 10.8 Å². The predicted octanol–water partition coefficient (Wildman–Crippen LogP) is 1.04. The van der Waals surface area contributed by atoms with Gasteiger partial charge in [-0.3, -0.25) is 5.10 Å². The highest BCUT2D eigenvalue weighted by Crippen LogP contribution is 2.17.